The molecule has 46 heavy (non-hydrogen) atoms. The standard InChI is InChI=1S/C41H27BN4/c1-4-15-28(16-5-1)44(29-17-6-2-7-18-29)38-27-37-39-41(43-38)46-35-25-12-10-21-31(35)32-22-14-24-34(40(32)46)42(39)33-23-11-13-26-36(33)45(37)30-19-8-3-9-20-30/h1-27H. The molecule has 0 aliphatic carbocycles. The second kappa shape index (κ2) is 9.72. The van der Waals surface area contributed by atoms with Gasteiger partial charge in [-0.2, -0.15) is 0 Å². The molecular formula is C41H27BN4. The maximum atomic E-state index is 5.67. The van der Waals surface area contributed by atoms with E-state index in [9.17, 15) is 0 Å². The number of pyridine rings is 1. The van der Waals surface area contributed by atoms with Crippen LogP contribution >= 0.6 is 0 Å². The van der Waals surface area contributed by atoms with Crippen LogP contribution in [-0.2, 0) is 0 Å². The van der Waals surface area contributed by atoms with Crippen LogP contribution in [0.25, 0.3) is 27.6 Å². The molecule has 0 N–H and O–H groups in total. The van der Waals surface area contributed by atoms with Gasteiger partial charge in [0.15, 0.2) is 0 Å². The highest BCUT2D eigenvalue weighted by Crippen LogP contribution is 2.43. The number of aromatic nitrogens is 2. The molecule has 0 unspecified atom stereocenters. The first-order chi connectivity index (χ1) is 22.9. The van der Waals surface area contributed by atoms with Crippen molar-refractivity contribution < 1.29 is 0 Å². The Bertz CT molecular complexity index is 2400. The molecule has 4 heterocycles. The minimum atomic E-state index is 0.0464. The first-order valence-corrected chi connectivity index (χ1v) is 15.8. The molecule has 0 saturated carbocycles. The smallest absolute Gasteiger partial charge is 0.254 e. The fraction of sp³-hybridized carbons (Fsp3) is 0. The lowest BCUT2D eigenvalue weighted by Crippen LogP contribution is -2.60. The first kappa shape index (κ1) is 25.3. The molecule has 10 rings (SSSR count). The van der Waals surface area contributed by atoms with E-state index in [-0.39, 0.29) is 6.71 Å². The van der Waals surface area contributed by atoms with E-state index in [1.165, 1.54) is 43.9 Å². The van der Waals surface area contributed by atoms with Crippen molar-refractivity contribution in [2.75, 3.05) is 9.80 Å². The van der Waals surface area contributed by atoms with Gasteiger partial charge in [0.1, 0.15) is 11.6 Å². The lowest BCUT2D eigenvalue weighted by atomic mass is 9.34. The van der Waals surface area contributed by atoms with Crippen molar-refractivity contribution in [1.82, 2.24) is 9.55 Å². The average Bonchev–Trinajstić information content (AvgIpc) is 3.47. The second-order valence-corrected chi connectivity index (χ2v) is 12.0. The Balaban J connectivity index is 1.38. The Labute approximate surface area is 267 Å². The summed E-state index contributed by atoms with van der Waals surface area (Å²) in [6, 6.07) is 58.6. The highest BCUT2D eigenvalue weighted by molar-refractivity contribution is 7.00. The summed E-state index contributed by atoms with van der Waals surface area (Å²) in [5, 5.41) is 2.51. The number of fused-ring (bicyclic) bond motifs is 7. The van der Waals surface area contributed by atoms with E-state index in [4.69, 9.17) is 4.98 Å². The van der Waals surface area contributed by atoms with E-state index in [0.717, 1.165) is 34.4 Å². The predicted octanol–water partition coefficient (Wildman–Crippen LogP) is 8.26. The van der Waals surface area contributed by atoms with Crippen molar-refractivity contribution in [3.63, 3.8) is 0 Å². The largest absolute Gasteiger partial charge is 0.311 e. The molecule has 5 heteroatoms. The molecule has 6 aromatic carbocycles. The highest BCUT2D eigenvalue weighted by Gasteiger charge is 2.43. The second-order valence-electron chi connectivity index (χ2n) is 12.0. The fourth-order valence-corrected chi connectivity index (χ4v) is 7.73. The van der Waals surface area contributed by atoms with E-state index >= 15 is 0 Å². The Morgan fingerprint density at radius 3 is 1.89 bits per heavy atom. The normalized spacial score (nSPS) is 12.7. The molecule has 0 saturated heterocycles. The molecule has 0 spiro atoms. The Morgan fingerprint density at radius 1 is 0.522 bits per heavy atom. The Kier molecular flexibility index (Phi) is 5.34. The summed E-state index contributed by atoms with van der Waals surface area (Å²) in [5.74, 6) is 1.85. The maximum absolute atomic E-state index is 5.67. The highest BCUT2D eigenvalue weighted by atomic mass is 15.2. The first-order valence-electron chi connectivity index (χ1n) is 15.8. The van der Waals surface area contributed by atoms with Crippen molar-refractivity contribution in [2.24, 2.45) is 0 Å². The van der Waals surface area contributed by atoms with Gasteiger partial charge in [-0.25, -0.2) is 4.98 Å². The van der Waals surface area contributed by atoms with Gasteiger partial charge in [0.05, 0.1) is 11.0 Å². The molecule has 0 atom stereocenters. The summed E-state index contributed by atoms with van der Waals surface area (Å²) in [6.07, 6.45) is 0. The van der Waals surface area contributed by atoms with E-state index in [1.807, 2.05) is 0 Å². The van der Waals surface area contributed by atoms with E-state index in [2.05, 4.69) is 178 Å². The molecule has 2 aromatic heterocycles. The molecule has 2 aliphatic rings. The minimum absolute atomic E-state index is 0.0464. The van der Waals surface area contributed by atoms with Crippen molar-refractivity contribution in [3.05, 3.63) is 164 Å². The van der Waals surface area contributed by atoms with Crippen LogP contribution in [-0.4, -0.2) is 16.3 Å². The SMILES string of the molecule is c1ccc(N(c2ccccc2)c2cc3c4c(n2)-n2c5ccccc5c5cccc(c52)B4c2ccccc2N3c2ccccc2)cc1. The Hall–Kier alpha value is -6.07. The third-order valence-electron chi connectivity index (χ3n) is 9.54. The molecule has 0 fully saturated rings. The predicted molar refractivity (Wildman–Crippen MR) is 193 cm³/mol. The molecule has 2 aliphatic heterocycles. The van der Waals surface area contributed by atoms with Crippen LogP contribution in [0.15, 0.2) is 164 Å². The van der Waals surface area contributed by atoms with Gasteiger partial charge in [-0.3, -0.25) is 9.47 Å². The third-order valence-corrected chi connectivity index (χ3v) is 9.54. The van der Waals surface area contributed by atoms with Gasteiger partial charge in [-0.05, 0) is 64.9 Å². The molecule has 214 valence electrons. The van der Waals surface area contributed by atoms with Gasteiger partial charge in [-0.15, -0.1) is 0 Å². The van der Waals surface area contributed by atoms with Crippen LogP contribution in [0, 0.1) is 0 Å². The van der Waals surface area contributed by atoms with Crippen LogP contribution in [0.3, 0.4) is 0 Å². The van der Waals surface area contributed by atoms with Gasteiger partial charge in [0.25, 0.3) is 6.71 Å². The van der Waals surface area contributed by atoms with Crippen molar-refractivity contribution in [3.8, 4) is 5.82 Å². The quantitative estimate of drug-likeness (QED) is 0.194. The van der Waals surface area contributed by atoms with Gasteiger partial charge >= 0.3 is 0 Å². The molecular weight excluding hydrogens is 559 g/mol. The lowest BCUT2D eigenvalue weighted by Gasteiger charge is -2.40. The van der Waals surface area contributed by atoms with Crippen molar-refractivity contribution in [2.45, 2.75) is 0 Å². The third kappa shape index (κ3) is 3.48. The zero-order valence-corrected chi connectivity index (χ0v) is 25.0. The lowest BCUT2D eigenvalue weighted by molar-refractivity contribution is 1.06. The number of nitrogens with zero attached hydrogens (tertiary/aromatic N) is 4. The summed E-state index contributed by atoms with van der Waals surface area (Å²) in [5.41, 5.74) is 11.8. The summed E-state index contributed by atoms with van der Waals surface area (Å²) in [6.45, 7) is 0.0464. The van der Waals surface area contributed by atoms with E-state index in [1.54, 1.807) is 0 Å². The van der Waals surface area contributed by atoms with E-state index in [0.29, 0.717) is 0 Å². The van der Waals surface area contributed by atoms with Crippen LogP contribution in [0.1, 0.15) is 0 Å². The van der Waals surface area contributed by atoms with Gasteiger partial charge in [-0.1, -0.05) is 109 Å². The summed E-state index contributed by atoms with van der Waals surface area (Å²) in [7, 11) is 0. The molecule has 0 radical (unpaired) electrons. The molecule has 8 aromatic rings. The maximum Gasteiger partial charge on any atom is 0.254 e. The van der Waals surface area contributed by atoms with Crippen LogP contribution in [0.5, 0.6) is 0 Å². The fourth-order valence-electron chi connectivity index (χ4n) is 7.73. The number of para-hydroxylation sites is 6. The number of anilines is 6. The zero-order valence-electron chi connectivity index (χ0n) is 25.0. The number of rotatable bonds is 4. The number of benzene rings is 6. The number of hydrogen-bond acceptors (Lipinski definition) is 3. The van der Waals surface area contributed by atoms with Crippen LogP contribution < -0.4 is 26.2 Å². The van der Waals surface area contributed by atoms with Gasteiger partial charge < -0.3 is 4.90 Å². The average molecular weight is 587 g/mol. The van der Waals surface area contributed by atoms with Crippen molar-refractivity contribution in [1.29, 1.82) is 0 Å². The monoisotopic (exact) mass is 586 g/mol. The zero-order chi connectivity index (χ0) is 30.2. The molecule has 4 nitrogen and oxygen atoms in total. The molecule has 0 amide bonds. The minimum Gasteiger partial charge on any atom is -0.311 e. The van der Waals surface area contributed by atoms with Gasteiger partial charge in [0.2, 0.25) is 0 Å². The van der Waals surface area contributed by atoms with E-state index < -0.39 is 0 Å². The van der Waals surface area contributed by atoms with Crippen molar-refractivity contribution >= 4 is 79.2 Å². The van der Waals surface area contributed by atoms with Crippen LogP contribution in [0.4, 0.5) is 34.3 Å². The number of hydrogen-bond donors (Lipinski definition) is 0. The summed E-state index contributed by atoms with van der Waals surface area (Å²) >= 11 is 0. The summed E-state index contributed by atoms with van der Waals surface area (Å²) < 4.78 is 2.42. The summed E-state index contributed by atoms with van der Waals surface area (Å²) in [4.78, 5) is 10.4. The van der Waals surface area contributed by atoms with Gasteiger partial charge in [0, 0.05) is 45.3 Å². The Morgan fingerprint density at radius 2 is 1.13 bits per heavy atom. The topological polar surface area (TPSA) is 24.3 Å². The molecule has 0 bridgehead atoms. The van der Waals surface area contributed by atoms with Crippen LogP contribution in [0.2, 0.25) is 0 Å².